The first-order valence-corrected chi connectivity index (χ1v) is 5.60. The number of carbonyl (C=O) groups is 3. The van der Waals surface area contributed by atoms with Gasteiger partial charge in [-0.15, -0.1) is 0 Å². The minimum atomic E-state index is -0.843. The minimum absolute atomic E-state index is 0.0162. The van der Waals surface area contributed by atoms with Crippen LogP contribution in [0, 0.1) is 11.8 Å². The maximum atomic E-state index is 11.6. The van der Waals surface area contributed by atoms with E-state index in [0.29, 0.717) is 12.8 Å². The molecule has 4 atom stereocenters. The Morgan fingerprint density at radius 1 is 1.47 bits per heavy atom. The third-order valence-corrected chi connectivity index (χ3v) is 3.81. The molecule has 3 rings (SSSR count). The van der Waals surface area contributed by atoms with Crippen molar-refractivity contribution < 1.29 is 28.6 Å². The van der Waals surface area contributed by atoms with Gasteiger partial charge in [-0.25, -0.2) is 0 Å². The summed E-state index contributed by atoms with van der Waals surface area (Å²) in [4.78, 5) is 34.0. The Hall–Kier alpha value is -1.43. The van der Waals surface area contributed by atoms with Gasteiger partial charge in [-0.2, -0.15) is 0 Å². The minimum Gasteiger partial charge on any atom is -0.463 e. The first-order valence-electron chi connectivity index (χ1n) is 5.60. The third kappa shape index (κ3) is 1.33. The molecule has 0 aromatic rings. The summed E-state index contributed by atoms with van der Waals surface area (Å²) in [5, 5.41) is 0. The van der Waals surface area contributed by atoms with E-state index >= 15 is 0 Å². The Kier molecular flexibility index (Phi) is 2.07. The molecule has 0 amide bonds. The summed E-state index contributed by atoms with van der Waals surface area (Å²) in [6.45, 7) is 1.32. The van der Waals surface area contributed by atoms with E-state index in [1.54, 1.807) is 0 Å². The average Bonchev–Trinajstić information content (AvgIpc) is 2.88. The lowest BCUT2D eigenvalue weighted by atomic mass is 9.73. The number of rotatable bonds is 2. The summed E-state index contributed by atoms with van der Waals surface area (Å²) in [6, 6.07) is 0. The van der Waals surface area contributed by atoms with Crippen molar-refractivity contribution in [1.29, 1.82) is 0 Å². The molecular weight excluding hydrogens is 228 g/mol. The van der Waals surface area contributed by atoms with Gasteiger partial charge in [0.05, 0.1) is 12.0 Å². The van der Waals surface area contributed by atoms with Gasteiger partial charge in [-0.05, 0) is 12.8 Å². The number of esters is 3. The molecule has 3 aliphatic rings. The molecule has 92 valence electrons. The van der Waals surface area contributed by atoms with Gasteiger partial charge in [-0.3, -0.25) is 14.4 Å². The molecule has 3 heterocycles. The van der Waals surface area contributed by atoms with E-state index in [-0.39, 0.29) is 12.7 Å². The highest BCUT2D eigenvalue weighted by atomic mass is 16.6. The summed E-state index contributed by atoms with van der Waals surface area (Å²) in [6.07, 6.45) is 1.05. The highest BCUT2D eigenvalue weighted by Crippen LogP contribution is 2.54. The number of hydrogen-bond donors (Lipinski definition) is 0. The van der Waals surface area contributed by atoms with Crippen molar-refractivity contribution in [1.82, 2.24) is 0 Å². The van der Waals surface area contributed by atoms with Crippen molar-refractivity contribution in [3.05, 3.63) is 0 Å². The molecule has 0 saturated carbocycles. The van der Waals surface area contributed by atoms with Gasteiger partial charge in [0.15, 0.2) is 0 Å². The van der Waals surface area contributed by atoms with Crippen molar-refractivity contribution in [3.8, 4) is 0 Å². The zero-order valence-corrected chi connectivity index (χ0v) is 9.30. The molecule has 3 fully saturated rings. The van der Waals surface area contributed by atoms with E-state index < -0.39 is 35.3 Å². The highest BCUT2D eigenvalue weighted by Gasteiger charge is 2.69. The second-order valence-electron chi connectivity index (χ2n) is 4.78. The van der Waals surface area contributed by atoms with E-state index in [1.807, 2.05) is 0 Å². The molecule has 0 aromatic carbocycles. The molecule has 0 radical (unpaired) electrons. The molecule has 3 saturated heterocycles. The number of carbonyl (C=O) groups excluding carboxylic acids is 3. The van der Waals surface area contributed by atoms with Crippen LogP contribution in [-0.2, 0) is 28.6 Å². The Morgan fingerprint density at radius 3 is 2.94 bits per heavy atom. The second kappa shape index (κ2) is 3.29. The van der Waals surface area contributed by atoms with E-state index in [9.17, 15) is 14.4 Å². The SMILES string of the molecule is CC(=O)OC[C@@]12CC[C@@H](O1)[C@H]1C(=O)OC(=O)[C@@H]12. The van der Waals surface area contributed by atoms with Crippen LogP contribution >= 0.6 is 0 Å². The van der Waals surface area contributed by atoms with Crippen molar-refractivity contribution >= 4 is 17.9 Å². The molecule has 0 aliphatic carbocycles. The molecule has 0 aromatic heterocycles. The number of hydrogen-bond acceptors (Lipinski definition) is 6. The van der Waals surface area contributed by atoms with Crippen LogP contribution in [0.4, 0.5) is 0 Å². The lowest BCUT2D eigenvalue weighted by molar-refractivity contribution is -0.165. The predicted octanol–water partition coefficient (Wildman–Crippen LogP) is -0.203. The van der Waals surface area contributed by atoms with Crippen LogP contribution in [0.5, 0.6) is 0 Å². The Bertz CT molecular complexity index is 416. The largest absolute Gasteiger partial charge is 0.463 e. The second-order valence-corrected chi connectivity index (χ2v) is 4.78. The molecular formula is C11H12O6. The fraction of sp³-hybridized carbons (Fsp3) is 0.727. The van der Waals surface area contributed by atoms with Crippen LogP contribution < -0.4 is 0 Å². The van der Waals surface area contributed by atoms with Crippen molar-refractivity contribution in [2.24, 2.45) is 11.8 Å². The van der Waals surface area contributed by atoms with E-state index in [4.69, 9.17) is 9.47 Å². The van der Waals surface area contributed by atoms with Crippen molar-refractivity contribution in [2.75, 3.05) is 6.61 Å². The molecule has 17 heavy (non-hydrogen) atoms. The zero-order chi connectivity index (χ0) is 12.2. The van der Waals surface area contributed by atoms with E-state index in [2.05, 4.69) is 4.74 Å². The highest BCUT2D eigenvalue weighted by molar-refractivity contribution is 5.98. The molecule has 3 aliphatic heterocycles. The molecule has 2 bridgehead atoms. The van der Waals surface area contributed by atoms with Gasteiger partial charge >= 0.3 is 17.9 Å². The molecule has 6 heteroatoms. The number of fused-ring (bicyclic) bond motifs is 5. The molecule has 0 N–H and O–H groups in total. The standard InChI is InChI=1S/C11H12O6/c1-5(12)15-4-11-3-2-6(17-11)7-8(11)10(14)16-9(7)13/h6-8H,2-4H2,1H3/t6-,7-,8-,11-/m1/s1. The Balaban J connectivity index is 1.88. The molecule has 0 unspecified atom stereocenters. The van der Waals surface area contributed by atoms with Crippen molar-refractivity contribution in [3.63, 3.8) is 0 Å². The smallest absolute Gasteiger partial charge is 0.320 e. The van der Waals surface area contributed by atoms with Crippen LogP contribution in [0.3, 0.4) is 0 Å². The van der Waals surface area contributed by atoms with Crippen LogP contribution in [-0.4, -0.2) is 36.2 Å². The summed E-state index contributed by atoms with van der Waals surface area (Å²) in [5.41, 5.74) is -0.843. The Labute approximate surface area is 97.2 Å². The lowest BCUT2D eigenvalue weighted by Gasteiger charge is -2.28. The first-order chi connectivity index (χ1) is 8.03. The van der Waals surface area contributed by atoms with Gasteiger partial charge in [0.2, 0.25) is 0 Å². The normalized spacial score (nSPS) is 42.5. The summed E-state index contributed by atoms with van der Waals surface area (Å²) in [5.74, 6) is -2.59. The van der Waals surface area contributed by atoms with E-state index in [0.717, 1.165) is 0 Å². The summed E-state index contributed by atoms with van der Waals surface area (Å²) >= 11 is 0. The molecule has 6 nitrogen and oxygen atoms in total. The fourth-order valence-corrected chi connectivity index (χ4v) is 3.13. The summed E-state index contributed by atoms with van der Waals surface area (Å²) < 4.78 is 15.3. The monoisotopic (exact) mass is 240 g/mol. The van der Waals surface area contributed by atoms with Crippen LogP contribution in [0.1, 0.15) is 19.8 Å². The predicted molar refractivity (Wildman–Crippen MR) is 51.6 cm³/mol. The number of ether oxygens (including phenoxy) is 3. The van der Waals surface area contributed by atoms with Gasteiger partial charge < -0.3 is 14.2 Å². The van der Waals surface area contributed by atoms with E-state index in [1.165, 1.54) is 6.92 Å². The third-order valence-electron chi connectivity index (χ3n) is 3.81. The summed E-state index contributed by atoms with van der Waals surface area (Å²) in [7, 11) is 0. The first kappa shape index (κ1) is 10.7. The van der Waals surface area contributed by atoms with Gasteiger partial charge in [0.25, 0.3) is 0 Å². The number of cyclic esters (lactones) is 2. The average molecular weight is 240 g/mol. The topological polar surface area (TPSA) is 78.9 Å². The van der Waals surface area contributed by atoms with Gasteiger partial charge in [-0.1, -0.05) is 0 Å². The maximum absolute atomic E-state index is 11.6. The zero-order valence-electron chi connectivity index (χ0n) is 9.30. The lowest BCUT2D eigenvalue weighted by Crippen LogP contribution is -2.44. The molecule has 0 spiro atoms. The van der Waals surface area contributed by atoms with Crippen LogP contribution in [0.25, 0.3) is 0 Å². The quantitative estimate of drug-likeness (QED) is 0.491. The fourth-order valence-electron chi connectivity index (χ4n) is 3.13. The van der Waals surface area contributed by atoms with Crippen LogP contribution in [0.15, 0.2) is 0 Å². The van der Waals surface area contributed by atoms with Gasteiger partial charge in [0.1, 0.15) is 18.1 Å². The van der Waals surface area contributed by atoms with Crippen LogP contribution in [0.2, 0.25) is 0 Å². The van der Waals surface area contributed by atoms with Gasteiger partial charge in [0, 0.05) is 6.92 Å². The maximum Gasteiger partial charge on any atom is 0.320 e. The Morgan fingerprint density at radius 2 is 2.24 bits per heavy atom. The van der Waals surface area contributed by atoms with Crippen molar-refractivity contribution in [2.45, 2.75) is 31.5 Å².